The third kappa shape index (κ3) is 3.40. The summed E-state index contributed by atoms with van der Waals surface area (Å²) in [6.07, 6.45) is 1.53. The molecule has 0 aromatic heterocycles. The second kappa shape index (κ2) is 7.08. The van der Waals surface area contributed by atoms with E-state index in [0.717, 1.165) is 16.7 Å². The molecule has 0 radical (unpaired) electrons. The number of rotatable bonds is 5. The van der Waals surface area contributed by atoms with Crippen molar-refractivity contribution in [3.8, 4) is 0 Å². The van der Waals surface area contributed by atoms with Crippen LogP contribution in [0.1, 0.15) is 55.9 Å². The number of esters is 1. The van der Waals surface area contributed by atoms with Gasteiger partial charge in [0.15, 0.2) is 5.78 Å². The first-order chi connectivity index (χ1) is 11.2. The Morgan fingerprint density at radius 2 is 1.58 bits per heavy atom. The molecule has 0 bridgehead atoms. The lowest BCUT2D eigenvalue weighted by molar-refractivity contribution is -0.160. The number of carbonyl (C=O) groups is 2. The summed E-state index contributed by atoms with van der Waals surface area (Å²) in [5, 5.41) is 0. The van der Waals surface area contributed by atoms with Crippen molar-refractivity contribution in [3.05, 3.63) is 34.4 Å². The van der Waals surface area contributed by atoms with Crippen molar-refractivity contribution >= 4 is 11.8 Å². The topological polar surface area (TPSA) is 43.4 Å². The Morgan fingerprint density at radius 3 is 2.04 bits per heavy atom. The summed E-state index contributed by atoms with van der Waals surface area (Å²) in [5.41, 5.74) is 3.54. The van der Waals surface area contributed by atoms with Crippen LogP contribution in [-0.4, -0.2) is 18.4 Å². The molecule has 1 aromatic carbocycles. The molecule has 1 fully saturated rings. The van der Waals surface area contributed by atoms with Crippen LogP contribution in [0.3, 0.4) is 0 Å². The van der Waals surface area contributed by atoms with E-state index in [2.05, 4.69) is 32.9 Å². The molecule has 0 saturated heterocycles. The van der Waals surface area contributed by atoms with Crippen LogP contribution < -0.4 is 0 Å². The Kier molecular flexibility index (Phi) is 5.52. The van der Waals surface area contributed by atoms with E-state index < -0.39 is 5.41 Å². The van der Waals surface area contributed by atoms with Crippen molar-refractivity contribution < 1.29 is 14.3 Å². The van der Waals surface area contributed by atoms with E-state index in [-0.39, 0.29) is 11.8 Å². The summed E-state index contributed by atoms with van der Waals surface area (Å²) in [7, 11) is 0. The molecular weight excluding hydrogens is 300 g/mol. The summed E-state index contributed by atoms with van der Waals surface area (Å²) in [6.45, 7) is 12.5. The number of carbonyl (C=O) groups excluding carboxylic acids is 2. The highest BCUT2D eigenvalue weighted by atomic mass is 16.5. The van der Waals surface area contributed by atoms with Gasteiger partial charge in [0.2, 0.25) is 0 Å². The Labute approximate surface area is 145 Å². The van der Waals surface area contributed by atoms with Crippen molar-refractivity contribution in [1.82, 2.24) is 0 Å². The van der Waals surface area contributed by atoms with Gasteiger partial charge in [-0.15, -0.1) is 0 Å². The van der Waals surface area contributed by atoms with Crippen LogP contribution in [0.2, 0.25) is 0 Å². The lowest BCUT2D eigenvalue weighted by Crippen LogP contribution is -2.40. The molecule has 0 spiro atoms. The maximum Gasteiger partial charge on any atom is 0.319 e. The van der Waals surface area contributed by atoms with Crippen LogP contribution in [0.25, 0.3) is 0 Å². The van der Waals surface area contributed by atoms with Crippen molar-refractivity contribution in [3.63, 3.8) is 0 Å². The van der Waals surface area contributed by atoms with Gasteiger partial charge in [0.1, 0.15) is 5.41 Å². The number of ketones is 1. The van der Waals surface area contributed by atoms with Crippen LogP contribution in [0.5, 0.6) is 0 Å². The summed E-state index contributed by atoms with van der Waals surface area (Å²) >= 11 is 0. The van der Waals surface area contributed by atoms with Gasteiger partial charge in [0.25, 0.3) is 0 Å². The van der Waals surface area contributed by atoms with E-state index in [4.69, 9.17) is 4.74 Å². The molecule has 1 aliphatic rings. The van der Waals surface area contributed by atoms with E-state index in [9.17, 15) is 9.59 Å². The zero-order valence-corrected chi connectivity index (χ0v) is 15.9. The van der Waals surface area contributed by atoms with Gasteiger partial charge in [-0.3, -0.25) is 9.59 Å². The molecule has 1 aromatic rings. The molecule has 2 atom stereocenters. The maximum atomic E-state index is 13.2. The van der Waals surface area contributed by atoms with Gasteiger partial charge >= 0.3 is 5.97 Å². The summed E-state index contributed by atoms with van der Waals surface area (Å²) in [5.74, 6) is 0.415. The van der Waals surface area contributed by atoms with Crippen molar-refractivity contribution in [2.75, 3.05) is 6.61 Å². The lowest BCUT2D eigenvalue weighted by atomic mass is 9.77. The first kappa shape index (κ1) is 18.7. The minimum atomic E-state index is -0.960. The van der Waals surface area contributed by atoms with Gasteiger partial charge in [-0.05, 0) is 69.1 Å². The van der Waals surface area contributed by atoms with Crippen LogP contribution in [-0.2, 0) is 20.7 Å². The first-order valence-electron chi connectivity index (χ1n) is 8.98. The molecular formula is C21H30O3. The van der Waals surface area contributed by atoms with Crippen LogP contribution in [0, 0.1) is 38.0 Å². The zero-order valence-electron chi connectivity index (χ0n) is 15.9. The SMILES string of the molecule is CCOC(=O)C1(C(=O)Cc2c(C)cc(C)cc2C)CC(C)C(C)C1. The second-order valence-electron chi connectivity index (χ2n) is 7.64. The Bertz CT molecular complexity index is 611. The summed E-state index contributed by atoms with van der Waals surface area (Å²) in [6, 6.07) is 4.21. The maximum absolute atomic E-state index is 13.2. The fraction of sp³-hybridized carbons (Fsp3) is 0.619. The van der Waals surface area contributed by atoms with E-state index >= 15 is 0 Å². The normalized spacial score (nSPS) is 26.4. The highest BCUT2D eigenvalue weighted by molar-refractivity contribution is 6.05. The van der Waals surface area contributed by atoms with Crippen molar-refractivity contribution in [2.24, 2.45) is 17.3 Å². The average molecular weight is 330 g/mol. The number of hydrogen-bond acceptors (Lipinski definition) is 3. The predicted octanol–water partition coefficient (Wildman–Crippen LogP) is 4.34. The van der Waals surface area contributed by atoms with Gasteiger partial charge in [-0.1, -0.05) is 31.5 Å². The molecule has 2 unspecified atom stereocenters. The first-order valence-corrected chi connectivity index (χ1v) is 8.98. The van der Waals surface area contributed by atoms with Gasteiger partial charge in [-0.2, -0.15) is 0 Å². The average Bonchev–Trinajstić information content (AvgIpc) is 2.80. The third-order valence-corrected chi connectivity index (χ3v) is 5.69. The van der Waals surface area contributed by atoms with Gasteiger partial charge in [-0.25, -0.2) is 0 Å². The number of hydrogen-bond donors (Lipinski definition) is 0. The van der Waals surface area contributed by atoms with Crippen LogP contribution >= 0.6 is 0 Å². The zero-order chi connectivity index (χ0) is 18.1. The minimum absolute atomic E-state index is 0.0206. The molecule has 2 rings (SSSR count). The molecule has 0 aliphatic heterocycles. The van der Waals surface area contributed by atoms with Gasteiger partial charge < -0.3 is 4.74 Å². The standard InChI is InChI=1S/C21H30O3/c1-7-24-20(23)21(11-16(5)17(6)12-21)19(22)10-18-14(3)8-13(2)9-15(18)4/h8-9,16-17H,7,10-12H2,1-6H3. The minimum Gasteiger partial charge on any atom is -0.465 e. The van der Waals surface area contributed by atoms with Crippen molar-refractivity contribution in [1.29, 1.82) is 0 Å². The molecule has 0 N–H and O–H groups in total. The molecule has 3 heteroatoms. The molecule has 24 heavy (non-hydrogen) atoms. The van der Waals surface area contributed by atoms with E-state index in [1.807, 2.05) is 13.8 Å². The molecule has 132 valence electrons. The van der Waals surface area contributed by atoms with Crippen LogP contribution in [0.15, 0.2) is 12.1 Å². The Hall–Kier alpha value is -1.64. The van der Waals surface area contributed by atoms with E-state index in [1.54, 1.807) is 6.92 Å². The van der Waals surface area contributed by atoms with E-state index in [1.165, 1.54) is 5.56 Å². The molecule has 0 amide bonds. The van der Waals surface area contributed by atoms with Gasteiger partial charge in [0.05, 0.1) is 6.61 Å². The summed E-state index contributed by atoms with van der Waals surface area (Å²) in [4.78, 5) is 25.9. The van der Waals surface area contributed by atoms with Crippen molar-refractivity contribution in [2.45, 2.75) is 60.8 Å². The molecule has 1 saturated carbocycles. The number of ether oxygens (including phenoxy) is 1. The monoisotopic (exact) mass is 330 g/mol. The fourth-order valence-electron chi connectivity index (χ4n) is 4.18. The lowest BCUT2D eigenvalue weighted by Gasteiger charge is -2.26. The van der Waals surface area contributed by atoms with E-state index in [0.29, 0.717) is 37.7 Å². The van der Waals surface area contributed by atoms with Gasteiger partial charge in [0, 0.05) is 6.42 Å². The quantitative estimate of drug-likeness (QED) is 0.596. The third-order valence-electron chi connectivity index (χ3n) is 5.69. The number of aryl methyl sites for hydroxylation is 3. The number of benzene rings is 1. The highest BCUT2D eigenvalue weighted by Gasteiger charge is 2.53. The second-order valence-corrected chi connectivity index (χ2v) is 7.64. The molecule has 0 heterocycles. The van der Waals surface area contributed by atoms with Crippen LogP contribution in [0.4, 0.5) is 0 Å². The number of Topliss-reactive ketones (excluding diaryl/α,β-unsaturated/α-hetero) is 1. The molecule has 3 nitrogen and oxygen atoms in total. The fourth-order valence-corrected chi connectivity index (χ4v) is 4.18. The predicted molar refractivity (Wildman–Crippen MR) is 96.0 cm³/mol. The largest absolute Gasteiger partial charge is 0.465 e. The Morgan fingerprint density at radius 1 is 1.08 bits per heavy atom. The Balaban J connectivity index is 2.35. The smallest absolute Gasteiger partial charge is 0.319 e. The molecule has 1 aliphatic carbocycles. The highest BCUT2D eigenvalue weighted by Crippen LogP contribution is 2.47. The summed E-state index contributed by atoms with van der Waals surface area (Å²) < 4.78 is 5.30.